The van der Waals surface area contributed by atoms with Gasteiger partial charge in [0.25, 0.3) is 0 Å². The van der Waals surface area contributed by atoms with E-state index in [-0.39, 0.29) is 56.7 Å². The average Bonchev–Trinajstić information content (AvgIpc) is 0.753. The van der Waals surface area contributed by atoms with E-state index in [9.17, 15) is 33.9 Å². The number of hydrogen-bond donors (Lipinski definition) is 1. The molecule has 0 saturated carbocycles. The van der Waals surface area contributed by atoms with Gasteiger partial charge in [-0.05, 0) is 116 Å². The molecule has 3 aliphatic rings. The molecule has 0 aliphatic carbocycles. The summed E-state index contributed by atoms with van der Waals surface area (Å²) < 4.78 is 97.9. The summed E-state index contributed by atoms with van der Waals surface area (Å²) in [5.41, 5.74) is -0.0284. The summed E-state index contributed by atoms with van der Waals surface area (Å²) in [5, 5.41) is 13.1. The molecule has 0 aromatic heterocycles. The van der Waals surface area contributed by atoms with Crippen LogP contribution in [0.1, 0.15) is 113 Å². The summed E-state index contributed by atoms with van der Waals surface area (Å²) >= 11 is 0. The van der Waals surface area contributed by atoms with Crippen LogP contribution >= 0.6 is 0 Å². The van der Waals surface area contributed by atoms with Gasteiger partial charge in [-0.25, -0.2) is 43.2 Å². The molecular weight excluding hydrogens is 1420 g/mol. The van der Waals surface area contributed by atoms with Gasteiger partial charge in [-0.15, -0.1) is 0 Å². The summed E-state index contributed by atoms with van der Waals surface area (Å²) in [7, 11) is 0. The number of rotatable bonds is 29. The number of hydrogen-bond acceptors (Lipinski definition) is 25. The maximum Gasteiger partial charge on any atom is 0.338 e. The first kappa shape index (κ1) is 77.5. The fraction of sp³-hybridized carbons (Fsp3) is 0.259. The summed E-state index contributed by atoms with van der Waals surface area (Å²) in [6.45, 7) is -0.663. The van der Waals surface area contributed by atoms with Crippen molar-refractivity contribution >= 4 is 53.7 Å². The smallest absolute Gasteiger partial charge is 0.338 e. The van der Waals surface area contributed by atoms with Crippen LogP contribution in [0.2, 0.25) is 0 Å². The van der Waals surface area contributed by atoms with Crippen LogP contribution in [0.3, 0.4) is 0 Å². The zero-order chi connectivity index (χ0) is 76.7. The van der Waals surface area contributed by atoms with Gasteiger partial charge >= 0.3 is 53.7 Å². The Balaban J connectivity index is 1.04. The van der Waals surface area contributed by atoms with E-state index in [1.54, 1.807) is 140 Å². The van der Waals surface area contributed by atoms with Crippen molar-refractivity contribution in [3.05, 3.63) is 323 Å². The normalized spacial score (nSPS) is 23.5. The Hall–Kier alpha value is -12.1. The highest BCUT2D eigenvalue weighted by atomic mass is 16.8. The fourth-order valence-electron chi connectivity index (χ4n) is 12.2. The Morgan fingerprint density at radius 2 is 0.509 bits per heavy atom. The number of aliphatic hydroxyl groups is 1. The summed E-state index contributed by atoms with van der Waals surface area (Å²) in [6.07, 6.45) is -29.2. The molecule has 110 heavy (non-hydrogen) atoms. The minimum atomic E-state index is -2.26. The van der Waals surface area contributed by atoms with Crippen molar-refractivity contribution in [3.63, 3.8) is 0 Å². The molecular formula is C85H76O25. The second-order valence-corrected chi connectivity index (χ2v) is 25.4. The predicted octanol–water partition coefficient (Wildman–Crippen LogP) is 11.0. The summed E-state index contributed by atoms with van der Waals surface area (Å²) in [6, 6.07) is 69.0. The standard InChI is InChI=1S/C85H76O25/c1-2-3-49-96-83-72(70(107-81(94)60-45-27-11-28-46-60)67(104-78(91)57-39-21-8-22-40-57)63(100-83)51-98-75(88)54-33-15-5-16-34-54)110-85-73(108-82(95)61-47-29-12-30-48-61)71(68(105-79(92)58-41-23-9-24-42-58)64(102-85)52-99-76(89)55-35-17-6-18-36-55)109-84-69(106-80(93)59-43-25-10-26-44-59)65(86)66(103-77(90)56-37-19-7-20-38-56)62(101-84)50-97-74(87)53-31-13-4-14-32-53/h4-48,62-73,83-86H,2-3,49-52H2,1H3/t62?,63?,64?,65?,66-,67-,68-,69?,70?,71?,72?,73?,83+,84-,85-/m1/s1. The average molecular weight is 1500 g/mol. The van der Waals surface area contributed by atoms with Crippen molar-refractivity contribution < 1.29 is 119 Å². The molecule has 3 fully saturated rings. The number of benzene rings is 9. The van der Waals surface area contributed by atoms with E-state index in [0.29, 0.717) is 12.8 Å². The van der Waals surface area contributed by atoms with Crippen LogP contribution in [0.4, 0.5) is 0 Å². The van der Waals surface area contributed by atoms with Gasteiger partial charge in [-0.2, -0.15) is 0 Å². The van der Waals surface area contributed by atoms with Crippen LogP contribution in [0.25, 0.3) is 0 Å². The largest absolute Gasteiger partial charge is 0.459 e. The molecule has 0 radical (unpaired) electrons. The highest BCUT2D eigenvalue weighted by Gasteiger charge is 2.60. The number of carbonyl (C=O) groups is 9. The quantitative estimate of drug-likeness (QED) is 0.0259. The molecule has 9 aromatic rings. The van der Waals surface area contributed by atoms with Crippen LogP contribution in [-0.4, -0.2) is 177 Å². The number of esters is 9. The number of ether oxygens (including phenoxy) is 15. The van der Waals surface area contributed by atoms with Gasteiger partial charge in [-0.3, -0.25) is 0 Å². The molecule has 25 heteroatoms. The van der Waals surface area contributed by atoms with Crippen molar-refractivity contribution in [1.82, 2.24) is 0 Å². The van der Waals surface area contributed by atoms with Gasteiger partial charge in [0.15, 0.2) is 61.6 Å². The Morgan fingerprint density at radius 1 is 0.273 bits per heavy atom. The Morgan fingerprint density at radius 3 is 0.827 bits per heavy atom. The summed E-state index contributed by atoms with van der Waals surface area (Å²) in [4.78, 5) is 132. The molecule has 9 unspecified atom stereocenters. The number of aliphatic hydroxyl groups excluding tert-OH is 1. The Bertz CT molecular complexity index is 4510. The third-order valence-corrected chi connectivity index (χ3v) is 17.8. The molecule has 15 atom stereocenters. The van der Waals surface area contributed by atoms with Crippen molar-refractivity contribution in [1.29, 1.82) is 0 Å². The molecule has 25 nitrogen and oxygen atoms in total. The van der Waals surface area contributed by atoms with E-state index < -0.39 is 166 Å². The zero-order valence-electron chi connectivity index (χ0n) is 59.1. The molecule has 3 saturated heterocycles. The topological polar surface area (TPSA) is 312 Å². The maximum atomic E-state index is 15.4. The lowest BCUT2D eigenvalue weighted by atomic mass is 9.95. The molecule has 0 spiro atoms. The van der Waals surface area contributed by atoms with Gasteiger partial charge in [-0.1, -0.05) is 177 Å². The van der Waals surface area contributed by atoms with Gasteiger partial charge < -0.3 is 76.2 Å². The van der Waals surface area contributed by atoms with Crippen molar-refractivity contribution in [3.8, 4) is 0 Å². The van der Waals surface area contributed by atoms with Crippen molar-refractivity contribution in [2.75, 3.05) is 26.4 Å². The first-order valence-electron chi connectivity index (χ1n) is 35.5. The van der Waals surface area contributed by atoms with Crippen LogP contribution in [0, 0.1) is 0 Å². The van der Waals surface area contributed by atoms with Gasteiger partial charge in [0.2, 0.25) is 0 Å². The second kappa shape index (κ2) is 38.1. The maximum absolute atomic E-state index is 15.4. The summed E-state index contributed by atoms with van der Waals surface area (Å²) in [5.74, 6) is -9.05. The molecule has 9 aromatic carbocycles. The second-order valence-electron chi connectivity index (χ2n) is 25.4. The highest BCUT2D eigenvalue weighted by molar-refractivity contribution is 5.94. The van der Waals surface area contributed by atoms with Crippen molar-refractivity contribution in [2.24, 2.45) is 0 Å². The number of carbonyl (C=O) groups excluding carboxylic acids is 9. The molecule has 3 heterocycles. The highest BCUT2D eigenvalue weighted by Crippen LogP contribution is 2.40. The minimum absolute atomic E-state index is 0.00420. The van der Waals surface area contributed by atoms with E-state index in [4.69, 9.17) is 71.1 Å². The first-order valence-corrected chi connectivity index (χ1v) is 35.5. The van der Waals surface area contributed by atoms with Gasteiger partial charge in [0.1, 0.15) is 50.3 Å². The SMILES string of the molecule is CCCCO[C@H]1OC(COC(=O)c2ccccc2)[C@@H](OC(=O)c2ccccc2)C(OC(=O)c2ccccc2)C1O[C@H]1OC(COC(=O)c2ccccc2)[C@@H](OC(=O)c2ccccc2)C(O[C@H]2OC(COC(=O)c3ccccc3)[C@@H](OC(=O)c3ccccc3)C(O)C2OC(=O)c2ccccc2)C1OC(=O)c1ccccc1. The monoisotopic (exact) mass is 1500 g/mol. The molecule has 3 aliphatic heterocycles. The van der Waals surface area contributed by atoms with E-state index in [2.05, 4.69) is 0 Å². The van der Waals surface area contributed by atoms with E-state index in [1.165, 1.54) is 133 Å². The van der Waals surface area contributed by atoms with Gasteiger partial charge in [0.05, 0.1) is 50.1 Å². The zero-order valence-corrected chi connectivity index (χ0v) is 59.1. The lowest BCUT2D eigenvalue weighted by Gasteiger charge is -2.50. The third-order valence-electron chi connectivity index (χ3n) is 17.8. The van der Waals surface area contributed by atoms with E-state index >= 15 is 14.4 Å². The molecule has 0 bridgehead atoms. The lowest BCUT2D eigenvalue weighted by molar-refractivity contribution is -0.382. The molecule has 566 valence electrons. The number of unbranched alkanes of at least 4 members (excludes halogenated alkanes) is 1. The first-order chi connectivity index (χ1) is 53.7. The fourth-order valence-corrected chi connectivity index (χ4v) is 12.2. The third kappa shape index (κ3) is 20.0. The molecule has 1 N–H and O–H groups in total. The minimum Gasteiger partial charge on any atom is -0.459 e. The Labute approximate surface area is 631 Å². The van der Waals surface area contributed by atoms with E-state index in [0.717, 1.165) is 0 Å². The van der Waals surface area contributed by atoms with E-state index in [1.807, 2.05) is 6.92 Å². The van der Waals surface area contributed by atoms with Gasteiger partial charge in [0, 0.05) is 6.61 Å². The van der Waals surface area contributed by atoms with Crippen LogP contribution in [0.15, 0.2) is 273 Å². The van der Waals surface area contributed by atoms with Crippen molar-refractivity contribution in [2.45, 2.75) is 112 Å². The lowest BCUT2D eigenvalue weighted by Crippen LogP contribution is -2.69. The van der Waals surface area contributed by atoms with Crippen LogP contribution in [-0.2, 0) is 71.1 Å². The predicted molar refractivity (Wildman–Crippen MR) is 387 cm³/mol. The molecule has 0 amide bonds. The molecule has 12 rings (SSSR count). The van der Waals surface area contributed by atoms with Crippen LogP contribution in [0.5, 0.6) is 0 Å². The Kier molecular flexibility index (Phi) is 26.9. The van der Waals surface area contributed by atoms with Crippen LogP contribution < -0.4 is 0 Å².